The van der Waals surface area contributed by atoms with E-state index >= 15 is 0 Å². The third-order valence-electron chi connectivity index (χ3n) is 4.62. The van der Waals surface area contributed by atoms with E-state index in [9.17, 15) is 9.59 Å². The summed E-state index contributed by atoms with van der Waals surface area (Å²) in [5, 5.41) is 4.65. The van der Waals surface area contributed by atoms with Crippen molar-refractivity contribution in [3.05, 3.63) is 46.4 Å². The Morgan fingerprint density at radius 1 is 1.22 bits per heavy atom. The summed E-state index contributed by atoms with van der Waals surface area (Å²) < 4.78 is 0. The van der Waals surface area contributed by atoms with Gasteiger partial charge in [0.1, 0.15) is 4.88 Å². The molecule has 1 fully saturated rings. The summed E-state index contributed by atoms with van der Waals surface area (Å²) in [6.45, 7) is 3.44. The molecule has 0 radical (unpaired) electrons. The summed E-state index contributed by atoms with van der Waals surface area (Å²) >= 11 is 1.35. The number of pyridine rings is 1. The van der Waals surface area contributed by atoms with Crippen LogP contribution in [0.15, 0.2) is 36.0 Å². The number of thiophene rings is 1. The van der Waals surface area contributed by atoms with Crippen molar-refractivity contribution < 1.29 is 9.59 Å². The Bertz CT molecular complexity index is 747. The number of rotatable bonds is 4. The molecule has 0 aliphatic carbocycles. The third-order valence-corrected chi connectivity index (χ3v) is 5.52. The van der Waals surface area contributed by atoms with Gasteiger partial charge in [-0.3, -0.25) is 14.6 Å². The molecule has 0 bridgehead atoms. The molecule has 1 aliphatic heterocycles. The lowest BCUT2D eigenvalue weighted by Crippen LogP contribution is -2.42. The Morgan fingerprint density at radius 3 is 2.44 bits per heavy atom. The second-order valence-corrected chi connectivity index (χ2v) is 7.26. The van der Waals surface area contributed by atoms with Gasteiger partial charge >= 0.3 is 0 Å². The number of hydrogen-bond donors (Lipinski definition) is 2. The Hall–Kier alpha value is -1.67. The highest BCUT2D eigenvalue weighted by atomic mass is 35.5. The quantitative estimate of drug-likeness (QED) is 0.776. The van der Waals surface area contributed by atoms with Crippen LogP contribution in [0.4, 0.5) is 5.69 Å². The summed E-state index contributed by atoms with van der Waals surface area (Å²) in [6.07, 6.45) is 4.98. The fourth-order valence-corrected chi connectivity index (χ4v) is 3.86. The average molecular weight is 431 g/mol. The number of halogens is 2. The number of carbonyl (C=O) groups is 2. The van der Waals surface area contributed by atoms with Crippen LogP contribution in [-0.4, -0.2) is 40.8 Å². The van der Waals surface area contributed by atoms with E-state index in [0.29, 0.717) is 35.1 Å². The van der Waals surface area contributed by atoms with Crippen molar-refractivity contribution in [3.63, 3.8) is 0 Å². The molecule has 2 aromatic heterocycles. The Morgan fingerprint density at radius 2 is 1.85 bits per heavy atom. The average Bonchev–Trinajstić information content (AvgIpc) is 3.10. The van der Waals surface area contributed by atoms with E-state index in [1.165, 1.54) is 11.3 Å². The van der Waals surface area contributed by atoms with E-state index in [1.807, 2.05) is 17.2 Å². The van der Waals surface area contributed by atoms with Gasteiger partial charge in [-0.05, 0) is 49.3 Å². The molecule has 9 heteroatoms. The number of aromatic nitrogens is 1. The largest absolute Gasteiger partial charge is 0.338 e. The third kappa shape index (κ3) is 5.65. The van der Waals surface area contributed by atoms with Crippen molar-refractivity contribution in [1.82, 2.24) is 9.88 Å². The van der Waals surface area contributed by atoms with Crippen LogP contribution in [0.1, 0.15) is 39.8 Å². The van der Waals surface area contributed by atoms with Crippen LogP contribution in [0, 0.1) is 5.92 Å². The molecule has 2 aromatic rings. The highest BCUT2D eigenvalue weighted by molar-refractivity contribution is 7.12. The number of likely N-dealkylation sites (tertiary alicyclic amines) is 1. The number of amides is 2. The first-order chi connectivity index (χ1) is 12.1. The second-order valence-electron chi connectivity index (χ2n) is 6.34. The van der Waals surface area contributed by atoms with Crippen molar-refractivity contribution in [2.75, 3.05) is 18.4 Å². The van der Waals surface area contributed by atoms with E-state index in [0.717, 1.165) is 12.8 Å². The van der Waals surface area contributed by atoms with Gasteiger partial charge in [0.05, 0.1) is 5.69 Å². The first-order valence-electron chi connectivity index (χ1n) is 8.40. The minimum absolute atomic E-state index is 0. The van der Waals surface area contributed by atoms with Crippen molar-refractivity contribution in [3.8, 4) is 0 Å². The summed E-state index contributed by atoms with van der Waals surface area (Å²) in [5.74, 6) is 0.201. The van der Waals surface area contributed by atoms with Gasteiger partial charge in [-0.2, -0.15) is 0 Å². The Kier molecular flexibility index (Phi) is 9.18. The minimum Gasteiger partial charge on any atom is -0.338 e. The molecule has 0 aromatic carbocycles. The fraction of sp³-hybridized carbons (Fsp3) is 0.389. The highest BCUT2D eigenvalue weighted by Gasteiger charge is 2.27. The molecule has 1 aliphatic rings. The maximum atomic E-state index is 12.8. The molecular formula is C18H24Cl2N4O2S. The van der Waals surface area contributed by atoms with E-state index in [2.05, 4.69) is 10.3 Å². The second kappa shape index (κ2) is 10.6. The molecule has 1 atom stereocenters. The molecule has 3 N–H and O–H groups in total. The van der Waals surface area contributed by atoms with E-state index in [1.54, 1.807) is 30.6 Å². The van der Waals surface area contributed by atoms with Gasteiger partial charge in [-0.25, -0.2) is 0 Å². The maximum Gasteiger partial charge on any atom is 0.266 e. The first-order valence-corrected chi connectivity index (χ1v) is 9.28. The fourth-order valence-electron chi connectivity index (χ4n) is 3.04. The zero-order valence-electron chi connectivity index (χ0n) is 15.0. The number of hydrogen-bond acceptors (Lipinski definition) is 5. The van der Waals surface area contributed by atoms with Crippen LogP contribution in [-0.2, 0) is 0 Å². The minimum atomic E-state index is -0.245. The van der Waals surface area contributed by atoms with Crippen LogP contribution in [0.25, 0.3) is 0 Å². The van der Waals surface area contributed by atoms with Gasteiger partial charge in [-0.1, -0.05) is 0 Å². The van der Waals surface area contributed by atoms with Crippen molar-refractivity contribution in [2.45, 2.75) is 25.8 Å². The monoisotopic (exact) mass is 430 g/mol. The van der Waals surface area contributed by atoms with Crippen LogP contribution in [0.5, 0.6) is 0 Å². The van der Waals surface area contributed by atoms with Crippen LogP contribution in [0.2, 0.25) is 0 Å². The summed E-state index contributed by atoms with van der Waals surface area (Å²) in [7, 11) is 0. The smallest absolute Gasteiger partial charge is 0.266 e. The molecule has 0 spiro atoms. The van der Waals surface area contributed by atoms with Gasteiger partial charge < -0.3 is 16.0 Å². The Labute approximate surface area is 175 Å². The zero-order valence-corrected chi connectivity index (χ0v) is 17.4. The number of piperidine rings is 1. The van der Waals surface area contributed by atoms with Crippen molar-refractivity contribution >= 4 is 53.7 Å². The number of anilines is 1. The standard InChI is InChI=1S/C18H22N4O2S.2ClH/c1-12(19)13-4-9-22(10-5-13)18(24)16-15(6-11-25-16)21-17(23)14-2-7-20-8-3-14;;/h2-3,6-8,11-13H,4-5,9-10,19H2,1H3,(H,21,23);2*1H. The molecule has 27 heavy (non-hydrogen) atoms. The molecule has 0 saturated carbocycles. The molecule has 1 unspecified atom stereocenters. The number of nitrogens with two attached hydrogens (primary N) is 1. The summed E-state index contributed by atoms with van der Waals surface area (Å²) in [4.78, 5) is 31.5. The topological polar surface area (TPSA) is 88.3 Å². The highest BCUT2D eigenvalue weighted by Crippen LogP contribution is 2.27. The van der Waals surface area contributed by atoms with E-state index < -0.39 is 0 Å². The van der Waals surface area contributed by atoms with Crippen LogP contribution >= 0.6 is 36.2 Å². The van der Waals surface area contributed by atoms with Gasteiger partial charge in [0.25, 0.3) is 11.8 Å². The van der Waals surface area contributed by atoms with Gasteiger partial charge in [0.15, 0.2) is 0 Å². The normalized spacial score (nSPS) is 15.3. The molecular weight excluding hydrogens is 407 g/mol. The first kappa shape index (κ1) is 23.4. The van der Waals surface area contributed by atoms with E-state index in [-0.39, 0.29) is 42.7 Å². The SMILES string of the molecule is CC(N)C1CCN(C(=O)c2sccc2NC(=O)c2ccncc2)CC1.Cl.Cl. The number of nitrogens with one attached hydrogen (secondary N) is 1. The lowest BCUT2D eigenvalue weighted by Gasteiger charge is -2.33. The molecule has 2 amide bonds. The summed E-state index contributed by atoms with van der Waals surface area (Å²) in [5.41, 5.74) is 7.04. The van der Waals surface area contributed by atoms with Crippen molar-refractivity contribution in [2.24, 2.45) is 11.7 Å². The zero-order chi connectivity index (χ0) is 17.8. The maximum absolute atomic E-state index is 12.8. The Balaban J connectivity index is 0.00000182. The summed E-state index contributed by atoms with van der Waals surface area (Å²) in [6, 6.07) is 5.21. The van der Waals surface area contributed by atoms with E-state index in [4.69, 9.17) is 5.73 Å². The molecule has 3 heterocycles. The number of carbonyl (C=O) groups excluding carboxylic acids is 2. The predicted octanol–water partition coefficient (Wildman–Crippen LogP) is 3.44. The van der Waals surface area contributed by atoms with Crippen LogP contribution < -0.4 is 11.1 Å². The van der Waals surface area contributed by atoms with Crippen molar-refractivity contribution in [1.29, 1.82) is 0 Å². The lowest BCUT2D eigenvalue weighted by atomic mass is 9.91. The van der Waals surface area contributed by atoms with Crippen LogP contribution in [0.3, 0.4) is 0 Å². The number of nitrogens with zero attached hydrogens (tertiary/aromatic N) is 2. The molecule has 6 nitrogen and oxygen atoms in total. The lowest BCUT2D eigenvalue weighted by molar-refractivity contribution is 0.0687. The van der Waals surface area contributed by atoms with Gasteiger partial charge in [0.2, 0.25) is 0 Å². The van der Waals surface area contributed by atoms with Gasteiger partial charge in [0, 0.05) is 37.1 Å². The van der Waals surface area contributed by atoms with Gasteiger partial charge in [-0.15, -0.1) is 36.2 Å². The molecule has 148 valence electrons. The molecule has 1 saturated heterocycles. The molecule has 3 rings (SSSR count). The predicted molar refractivity (Wildman–Crippen MR) is 113 cm³/mol.